The predicted molar refractivity (Wildman–Crippen MR) is 82.5 cm³/mol. The summed E-state index contributed by atoms with van der Waals surface area (Å²) in [6, 6.07) is 16.3. The lowest BCUT2D eigenvalue weighted by Crippen LogP contribution is -2.23. The number of rotatable bonds is 5. The fourth-order valence-corrected chi connectivity index (χ4v) is 2.34. The van der Waals surface area contributed by atoms with Crippen molar-refractivity contribution in [1.82, 2.24) is 0 Å². The van der Waals surface area contributed by atoms with Crippen LogP contribution in [0.3, 0.4) is 0 Å². The second-order valence-corrected chi connectivity index (χ2v) is 4.91. The second-order valence-electron chi connectivity index (χ2n) is 4.48. The lowest BCUT2D eigenvalue weighted by atomic mass is 10.1. The van der Waals surface area contributed by atoms with Gasteiger partial charge >= 0.3 is 0 Å². The minimum Gasteiger partial charge on any atom is -0.367 e. The average Bonchev–Trinajstić information content (AvgIpc) is 2.46. The van der Waals surface area contributed by atoms with Gasteiger partial charge in [-0.2, -0.15) is 0 Å². The van der Waals surface area contributed by atoms with Crippen LogP contribution >= 0.6 is 11.6 Å². The molecule has 0 aliphatic heterocycles. The predicted octanol–water partition coefficient (Wildman–Crippen LogP) is 3.83. The van der Waals surface area contributed by atoms with Crippen LogP contribution in [0, 0.1) is 0 Å². The van der Waals surface area contributed by atoms with E-state index in [1.54, 1.807) is 0 Å². The van der Waals surface area contributed by atoms with Gasteiger partial charge in [-0.1, -0.05) is 48.0 Å². The standard InChI is InChI=1S/C16H19ClN2/c1-2-19(12-13-6-4-3-5-7-13)16-10-15(17)9-8-14(16)11-18/h3-10H,2,11-12,18H2,1H3. The average molecular weight is 275 g/mol. The van der Waals surface area contributed by atoms with Gasteiger partial charge in [0.15, 0.2) is 0 Å². The van der Waals surface area contributed by atoms with E-state index in [0.29, 0.717) is 6.54 Å². The van der Waals surface area contributed by atoms with Crippen molar-refractivity contribution in [2.24, 2.45) is 5.73 Å². The summed E-state index contributed by atoms with van der Waals surface area (Å²) in [6.07, 6.45) is 0. The largest absolute Gasteiger partial charge is 0.367 e. The molecule has 2 aromatic rings. The van der Waals surface area contributed by atoms with E-state index in [4.69, 9.17) is 17.3 Å². The van der Waals surface area contributed by atoms with E-state index in [2.05, 4.69) is 36.1 Å². The number of hydrogen-bond acceptors (Lipinski definition) is 2. The van der Waals surface area contributed by atoms with E-state index in [1.165, 1.54) is 5.56 Å². The summed E-state index contributed by atoms with van der Waals surface area (Å²) in [7, 11) is 0. The Balaban J connectivity index is 2.29. The van der Waals surface area contributed by atoms with Crippen LogP contribution in [0.2, 0.25) is 5.02 Å². The molecule has 0 saturated heterocycles. The molecule has 0 heterocycles. The van der Waals surface area contributed by atoms with Crippen LogP contribution in [0.1, 0.15) is 18.1 Å². The molecule has 0 aliphatic rings. The Labute approximate surface area is 119 Å². The van der Waals surface area contributed by atoms with Gasteiger partial charge in [0.25, 0.3) is 0 Å². The van der Waals surface area contributed by atoms with Crippen molar-refractivity contribution < 1.29 is 0 Å². The van der Waals surface area contributed by atoms with Crippen molar-refractivity contribution >= 4 is 17.3 Å². The zero-order chi connectivity index (χ0) is 13.7. The van der Waals surface area contributed by atoms with Crippen LogP contribution in [0.15, 0.2) is 48.5 Å². The van der Waals surface area contributed by atoms with E-state index in [0.717, 1.165) is 29.4 Å². The molecule has 100 valence electrons. The Bertz CT molecular complexity index is 526. The molecule has 0 atom stereocenters. The molecule has 3 heteroatoms. The van der Waals surface area contributed by atoms with Crippen molar-refractivity contribution in [3.63, 3.8) is 0 Å². The van der Waals surface area contributed by atoms with Crippen molar-refractivity contribution in [2.75, 3.05) is 11.4 Å². The molecule has 0 spiro atoms. The molecule has 2 rings (SSSR count). The van der Waals surface area contributed by atoms with Gasteiger partial charge in [-0.05, 0) is 30.2 Å². The van der Waals surface area contributed by atoms with Crippen LogP contribution in [0.5, 0.6) is 0 Å². The Morgan fingerprint density at radius 3 is 2.47 bits per heavy atom. The summed E-state index contributed by atoms with van der Waals surface area (Å²) in [6.45, 7) is 4.45. The van der Waals surface area contributed by atoms with Crippen molar-refractivity contribution in [3.8, 4) is 0 Å². The molecular formula is C16H19ClN2. The summed E-state index contributed by atoms with van der Waals surface area (Å²) in [4.78, 5) is 2.30. The minimum absolute atomic E-state index is 0.526. The van der Waals surface area contributed by atoms with Crippen molar-refractivity contribution in [2.45, 2.75) is 20.0 Å². The molecule has 0 aromatic heterocycles. The summed E-state index contributed by atoms with van der Waals surface area (Å²) >= 11 is 6.11. The summed E-state index contributed by atoms with van der Waals surface area (Å²) in [5.74, 6) is 0. The monoisotopic (exact) mass is 274 g/mol. The van der Waals surface area contributed by atoms with Gasteiger partial charge in [0, 0.05) is 30.3 Å². The molecule has 0 bridgehead atoms. The first kappa shape index (κ1) is 13.9. The number of nitrogens with two attached hydrogens (primary N) is 1. The van der Waals surface area contributed by atoms with Gasteiger partial charge in [0.1, 0.15) is 0 Å². The molecule has 0 radical (unpaired) electrons. The number of benzene rings is 2. The lowest BCUT2D eigenvalue weighted by molar-refractivity contribution is 0.821. The molecule has 0 saturated carbocycles. The van der Waals surface area contributed by atoms with Crippen LogP contribution in [-0.4, -0.2) is 6.54 Å². The highest BCUT2D eigenvalue weighted by molar-refractivity contribution is 6.30. The fraction of sp³-hybridized carbons (Fsp3) is 0.250. The Morgan fingerprint density at radius 1 is 1.11 bits per heavy atom. The maximum Gasteiger partial charge on any atom is 0.0429 e. The van der Waals surface area contributed by atoms with Gasteiger partial charge in [-0.15, -0.1) is 0 Å². The molecule has 2 nitrogen and oxygen atoms in total. The summed E-state index contributed by atoms with van der Waals surface area (Å²) in [5, 5.41) is 0.749. The lowest BCUT2D eigenvalue weighted by Gasteiger charge is -2.26. The SMILES string of the molecule is CCN(Cc1ccccc1)c1cc(Cl)ccc1CN. The zero-order valence-corrected chi connectivity index (χ0v) is 11.9. The highest BCUT2D eigenvalue weighted by Gasteiger charge is 2.10. The third kappa shape index (κ3) is 3.49. The van der Waals surface area contributed by atoms with E-state index >= 15 is 0 Å². The molecule has 0 unspecified atom stereocenters. The van der Waals surface area contributed by atoms with Gasteiger partial charge in [0.2, 0.25) is 0 Å². The molecular weight excluding hydrogens is 256 g/mol. The zero-order valence-electron chi connectivity index (χ0n) is 11.1. The summed E-state index contributed by atoms with van der Waals surface area (Å²) < 4.78 is 0. The second kappa shape index (κ2) is 6.60. The first-order valence-electron chi connectivity index (χ1n) is 6.52. The third-order valence-electron chi connectivity index (χ3n) is 3.21. The smallest absolute Gasteiger partial charge is 0.0429 e. The Kier molecular flexibility index (Phi) is 4.83. The van der Waals surface area contributed by atoms with Gasteiger partial charge in [-0.25, -0.2) is 0 Å². The molecule has 0 fully saturated rings. The van der Waals surface area contributed by atoms with Gasteiger partial charge in [0.05, 0.1) is 0 Å². The third-order valence-corrected chi connectivity index (χ3v) is 3.44. The Morgan fingerprint density at radius 2 is 1.84 bits per heavy atom. The topological polar surface area (TPSA) is 29.3 Å². The maximum atomic E-state index is 6.11. The molecule has 2 aromatic carbocycles. The number of nitrogens with zero attached hydrogens (tertiary/aromatic N) is 1. The highest BCUT2D eigenvalue weighted by Crippen LogP contribution is 2.26. The number of hydrogen-bond donors (Lipinski definition) is 1. The van der Waals surface area contributed by atoms with Crippen LogP contribution in [0.25, 0.3) is 0 Å². The van der Waals surface area contributed by atoms with Crippen molar-refractivity contribution in [3.05, 3.63) is 64.7 Å². The van der Waals surface area contributed by atoms with E-state index in [9.17, 15) is 0 Å². The quantitative estimate of drug-likeness (QED) is 0.898. The van der Waals surface area contributed by atoms with E-state index < -0.39 is 0 Å². The van der Waals surface area contributed by atoms with Crippen LogP contribution in [-0.2, 0) is 13.1 Å². The Hall–Kier alpha value is -1.51. The number of anilines is 1. The van der Waals surface area contributed by atoms with Crippen LogP contribution < -0.4 is 10.6 Å². The minimum atomic E-state index is 0.526. The number of halogens is 1. The van der Waals surface area contributed by atoms with E-state index in [1.807, 2.05) is 24.3 Å². The maximum absolute atomic E-state index is 6.11. The summed E-state index contributed by atoms with van der Waals surface area (Å²) in [5.41, 5.74) is 9.35. The van der Waals surface area contributed by atoms with Crippen molar-refractivity contribution in [1.29, 1.82) is 0 Å². The van der Waals surface area contributed by atoms with Gasteiger partial charge in [-0.3, -0.25) is 0 Å². The van der Waals surface area contributed by atoms with Crippen LogP contribution in [0.4, 0.5) is 5.69 Å². The first-order valence-corrected chi connectivity index (χ1v) is 6.89. The fourth-order valence-electron chi connectivity index (χ4n) is 2.18. The molecule has 19 heavy (non-hydrogen) atoms. The van der Waals surface area contributed by atoms with E-state index in [-0.39, 0.29) is 0 Å². The normalized spacial score (nSPS) is 10.5. The molecule has 2 N–H and O–H groups in total. The first-order chi connectivity index (χ1) is 9.24. The van der Waals surface area contributed by atoms with Gasteiger partial charge < -0.3 is 10.6 Å². The molecule has 0 amide bonds. The molecule has 0 aliphatic carbocycles. The highest BCUT2D eigenvalue weighted by atomic mass is 35.5.